The molecule has 0 aliphatic carbocycles. The van der Waals surface area contributed by atoms with Gasteiger partial charge in [-0.3, -0.25) is 19.8 Å². The van der Waals surface area contributed by atoms with Crippen molar-refractivity contribution in [2.45, 2.75) is 6.42 Å². The van der Waals surface area contributed by atoms with Crippen molar-refractivity contribution in [3.63, 3.8) is 0 Å². The van der Waals surface area contributed by atoms with E-state index in [9.17, 15) is 19.7 Å². The quantitative estimate of drug-likeness (QED) is 0.553. The average molecular weight is 369 g/mol. The van der Waals surface area contributed by atoms with Crippen LogP contribution in [0, 0.1) is 10.1 Å². The van der Waals surface area contributed by atoms with Gasteiger partial charge in [0.05, 0.1) is 4.92 Å². The van der Waals surface area contributed by atoms with E-state index in [-0.39, 0.29) is 23.0 Å². The van der Waals surface area contributed by atoms with Gasteiger partial charge in [-0.1, -0.05) is 6.07 Å². The standard InChI is InChI=1S/C18H19N5O4/c1-19-17(24)12-6-7-15(16(10-12)23(26)27)21-13-4-2-5-14(11-13)22-9-3-8-20-18(22)25/h2,4-7,10-11,21H,3,8-9H2,1H3,(H,19,24)(H,20,25). The molecule has 1 saturated heterocycles. The highest BCUT2D eigenvalue weighted by atomic mass is 16.6. The van der Waals surface area contributed by atoms with Crippen molar-refractivity contribution < 1.29 is 14.5 Å². The SMILES string of the molecule is CNC(=O)c1ccc(Nc2cccc(N3CCCNC3=O)c2)c([N+](=O)[O-])c1. The third-order valence-electron chi connectivity index (χ3n) is 4.20. The van der Waals surface area contributed by atoms with E-state index in [1.54, 1.807) is 29.2 Å². The molecule has 3 N–H and O–H groups in total. The molecule has 2 aromatic carbocycles. The summed E-state index contributed by atoms with van der Waals surface area (Å²) in [5, 5.41) is 19.6. The van der Waals surface area contributed by atoms with Crippen molar-refractivity contribution in [1.29, 1.82) is 0 Å². The fourth-order valence-electron chi connectivity index (χ4n) is 2.86. The summed E-state index contributed by atoms with van der Waals surface area (Å²) in [6.07, 6.45) is 0.843. The smallest absolute Gasteiger partial charge is 0.321 e. The highest BCUT2D eigenvalue weighted by Crippen LogP contribution is 2.30. The lowest BCUT2D eigenvalue weighted by atomic mass is 10.1. The van der Waals surface area contributed by atoms with Gasteiger partial charge in [0.1, 0.15) is 5.69 Å². The summed E-state index contributed by atoms with van der Waals surface area (Å²) < 4.78 is 0. The molecular formula is C18H19N5O4. The minimum atomic E-state index is -0.545. The maximum atomic E-state index is 12.0. The highest BCUT2D eigenvalue weighted by molar-refractivity contribution is 5.96. The zero-order valence-electron chi connectivity index (χ0n) is 14.7. The maximum Gasteiger partial charge on any atom is 0.321 e. The van der Waals surface area contributed by atoms with E-state index in [0.717, 1.165) is 6.42 Å². The molecule has 1 aliphatic heterocycles. The van der Waals surface area contributed by atoms with Crippen LogP contribution >= 0.6 is 0 Å². The number of rotatable bonds is 5. The predicted molar refractivity (Wildman–Crippen MR) is 102 cm³/mol. The molecule has 2 aromatic rings. The number of urea groups is 1. The lowest BCUT2D eigenvalue weighted by molar-refractivity contribution is -0.383. The Bertz CT molecular complexity index is 899. The minimum absolute atomic E-state index is 0.167. The molecule has 1 heterocycles. The summed E-state index contributed by atoms with van der Waals surface area (Å²) in [7, 11) is 1.46. The third kappa shape index (κ3) is 3.97. The first-order chi connectivity index (χ1) is 13.0. The van der Waals surface area contributed by atoms with E-state index < -0.39 is 10.8 Å². The van der Waals surface area contributed by atoms with Crippen LogP contribution in [0.2, 0.25) is 0 Å². The van der Waals surface area contributed by atoms with E-state index in [1.807, 2.05) is 0 Å². The molecule has 0 bridgehead atoms. The van der Waals surface area contributed by atoms with Crippen LogP contribution in [0.15, 0.2) is 42.5 Å². The van der Waals surface area contributed by atoms with E-state index >= 15 is 0 Å². The second-order valence-electron chi connectivity index (χ2n) is 5.98. The van der Waals surface area contributed by atoms with Crippen molar-refractivity contribution in [1.82, 2.24) is 10.6 Å². The number of benzene rings is 2. The molecule has 0 saturated carbocycles. The number of carbonyl (C=O) groups is 2. The molecule has 1 aliphatic rings. The van der Waals surface area contributed by atoms with E-state index in [2.05, 4.69) is 16.0 Å². The lowest BCUT2D eigenvalue weighted by Crippen LogP contribution is -2.46. The first-order valence-corrected chi connectivity index (χ1v) is 8.42. The first-order valence-electron chi connectivity index (χ1n) is 8.42. The minimum Gasteiger partial charge on any atom is -0.355 e. The van der Waals surface area contributed by atoms with Crippen LogP contribution < -0.4 is 20.9 Å². The van der Waals surface area contributed by atoms with Gasteiger partial charge < -0.3 is 16.0 Å². The summed E-state index contributed by atoms with van der Waals surface area (Å²) in [6, 6.07) is 11.1. The Labute approximate surface area is 155 Å². The largest absolute Gasteiger partial charge is 0.355 e. The molecule has 3 amide bonds. The summed E-state index contributed by atoms with van der Waals surface area (Å²) in [4.78, 5) is 36.2. The molecule has 0 radical (unpaired) electrons. The number of nitro groups is 1. The van der Waals surface area contributed by atoms with Crippen molar-refractivity contribution in [3.8, 4) is 0 Å². The molecule has 0 unspecified atom stereocenters. The molecule has 140 valence electrons. The van der Waals surface area contributed by atoms with Crippen LogP contribution in [-0.4, -0.2) is 37.0 Å². The highest BCUT2D eigenvalue weighted by Gasteiger charge is 2.20. The lowest BCUT2D eigenvalue weighted by Gasteiger charge is -2.27. The van der Waals surface area contributed by atoms with Gasteiger partial charge in [-0.05, 0) is 36.8 Å². The van der Waals surface area contributed by atoms with Crippen LogP contribution in [0.5, 0.6) is 0 Å². The van der Waals surface area contributed by atoms with Crippen molar-refractivity contribution in [3.05, 3.63) is 58.1 Å². The Morgan fingerprint density at radius 3 is 2.78 bits per heavy atom. The number of nitro benzene ring substituents is 1. The number of nitrogens with one attached hydrogen (secondary N) is 3. The van der Waals surface area contributed by atoms with Gasteiger partial charge in [0, 0.05) is 43.1 Å². The van der Waals surface area contributed by atoms with Crippen molar-refractivity contribution in [2.24, 2.45) is 0 Å². The Morgan fingerprint density at radius 1 is 1.26 bits per heavy atom. The summed E-state index contributed by atoms with van der Waals surface area (Å²) in [5.74, 6) is -0.400. The zero-order valence-corrected chi connectivity index (χ0v) is 14.7. The number of hydrogen-bond acceptors (Lipinski definition) is 5. The van der Waals surface area contributed by atoms with Crippen LogP contribution in [-0.2, 0) is 0 Å². The van der Waals surface area contributed by atoms with Crippen LogP contribution in [0.4, 0.5) is 27.5 Å². The van der Waals surface area contributed by atoms with Gasteiger partial charge in [0.2, 0.25) is 0 Å². The molecule has 9 nitrogen and oxygen atoms in total. The second-order valence-corrected chi connectivity index (χ2v) is 5.98. The van der Waals surface area contributed by atoms with E-state index in [0.29, 0.717) is 24.5 Å². The number of anilines is 3. The van der Waals surface area contributed by atoms with E-state index in [4.69, 9.17) is 0 Å². The summed E-state index contributed by atoms with van der Waals surface area (Å²) in [5.41, 5.74) is 1.54. The number of hydrogen-bond donors (Lipinski definition) is 3. The fraction of sp³-hybridized carbons (Fsp3) is 0.222. The topological polar surface area (TPSA) is 117 Å². The van der Waals surface area contributed by atoms with Gasteiger partial charge in [-0.2, -0.15) is 0 Å². The third-order valence-corrected chi connectivity index (χ3v) is 4.20. The first kappa shape index (κ1) is 18.2. The second kappa shape index (κ2) is 7.73. The summed E-state index contributed by atoms with van der Waals surface area (Å²) in [6.45, 7) is 1.26. The molecule has 3 rings (SSSR count). The molecule has 0 aromatic heterocycles. The predicted octanol–water partition coefficient (Wildman–Crippen LogP) is 2.62. The van der Waals surface area contributed by atoms with Crippen molar-refractivity contribution in [2.75, 3.05) is 30.4 Å². The van der Waals surface area contributed by atoms with Gasteiger partial charge >= 0.3 is 6.03 Å². The van der Waals surface area contributed by atoms with Gasteiger partial charge in [0.25, 0.3) is 11.6 Å². The van der Waals surface area contributed by atoms with Crippen LogP contribution in [0.1, 0.15) is 16.8 Å². The molecule has 27 heavy (non-hydrogen) atoms. The molecule has 9 heteroatoms. The molecule has 1 fully saturated rings. The van der Waals surface area contributed by atoms with Crippen molar-refractivity contribution >= 4 is 34.7 Å². The van der Waals surface area contributed by atoms with Crippen LogP contribution in [0.25, 0.3) is 0 Å². The monoisotopic (exact) mass is 369 g/mol. The number of carbonyl (C=O) groups excluding carboxylic acids is 2. The maximum absolute atomic E-state index is 12.0. The fourth-order valence-corrected chi connectivity index (χ4v) is 2.86. The van der Waals surface area contributed by atoms with Gasteiger partial charge in [-0.25, -0.2) is 4.79 Å². The average Bonchev–Trinajstić information content (AvgIpc) is 2.68. The number of nitrogens with zero attached hydrogens (tertiary/aromatic N) is 2. The molecule has 0 atom stereocenters. The normalized spacial score (nSPS) is 13.7. The molecule has 0 spiro atoms. The zero-order chi connectivity index (χ0) is 19.4. The Morgan fingerprint density at radius 2 is 2.07 bits per heavy atom. The van der Waals surface area contributed by atoms with E-state index in [1.165, 1.54) is 25.2 Å². The van der Waals surface area contributed by atoms with Gasteiger partial charge in [-0.15, -0.1) is 0 Å². The molecular weight excluding hydrogens is 350 g/mol. The van der Waals surface area contributed by atoms with Crippen LogP contribution in [0.3, 0.4) is 0 Å². The Balaban J connectivity index is 1.89. The Kier molecular flexibility index (Phi) is 5.20. The summed E-state index contributed by atoms with van der Waals surface area (Å²) >= 11 is 0. The Hall–Kier alpha value is -3.62. The van der Waals surface area contributed by atoms with Gasteiger partial charge in [0.15, 0.2) is 0 Å². The number of amides is 3.